The van der Waals surface area contributed by atoms with E-state index < -0.39 is 0 Å². The maximum atomic E-state index is 12.2. The topological polar surface area (TPSA) is 75.6 Å². The molecule has 2 saturated heterocycles. The Hall–Kier alpha value is -1.59. The van der Waals surface area contributed by atoms with Gasteiger partial charge in [0.15, 0.2) is 5.96 Å². The number of hydrogen-bond acceptors (Lipinski definition) is 6. The molecule has 1 aromatic rings. The number of para-hydroxylation sites is 1. The number of nitrogens with zero attached hydrogens (tertiary/aromatic N) is 3. The lowest BCUT2D eigenvalue weighted by molar-refractivity contribution is -0.149. The van der Waals surface area contributed by atoms with Crippen LogP contribution in [-0.4, -0.2) is 87.9 Å². The van der Waals surface area contributed by atoms with E-state index in [1.54, 1.807) is 7.05 Å². The Kier molecular flexibility index (Phi) is 12.1. The molecule has 2 fully saturated rings. The molecule has 9 heteroatoms. The fourth-order valence-electron chi connectivity index (χ4n) is 4.03. The summed E-state index contributed by atoms with van der Waals surface area (Å²) >= 11 is 0. The van der Waals surface area contributed by atoms with Gasteiger partial charge in [-0.1, -0.05) is 18.2 Å². The molecule has 2 aliphatic heterocycles. The third-order valence-corrected chi connectivity index (χ3v) is 5.73. The van der Waals surface area contributed by atoms with Crippen LogP contribution < -0.4 is 10.1 Å². The highest BCUT2D eigenvalue weighted by molar-refractivity contribution is 14.0. The molecule has 1 N–H and O–H groups in total. The number of piperidine rings is 1. The smallest absolute Gasteiger partial charge is 0.310 e. The molecule has 2 heterocycles. The minimum absolute atomic E-state index is 0. The number of morpholine rings is 1. The molecule has 1 aromatic carbocycles. The summed E-state index contributed by atoms with van der Waals surface area (Å²) in [6, 6.07) is 8.10. The first-order valence-corrected chi connectivity index (χ1v) is 11.3. The van der Waals surface area contributed by atoms with Crippen molar-refractivity contribution < 1.29 is 19.0 Å². The number of aliphatic imine (C=N–C) groups is 1. The van der Waals surface area contributed by atoms with Crippen LogP contribution in [0.2, 0.25) is 0 Å². The normalized spacial score (nSPS) is 19.8. The number of benzene rings is 1. The van der Waals surface area contributed by atoms with Crippen molar-refractivity contribution in [1.82, 2.24) is 15.1 Å². The minimum Gasteiger partial charge on any atom is -0.492 e. The first-order chi connectivity index (χ1) is 15.2. The molecule has 32 heavy (non-hydrogen) atoms. The molecule has 3 rings (SSSR count). The molecule has 1 unspecified atom stereocenters. The molecule has 0 bridgehead atoms. The quantitative estimate of drug-likeness (QED) is 0.227. The fourth-order valence-corrected chi connectivity index (χ4v) is 4.03. The second kappa shape index (κ2) is 14.5. The van der Waals surface area contributed by atoms with E-state index in [0.717, 1.165) is 69.5 Å². The van der Waals surface area contributed by atoms with Crippen molar-refractivity contribution in [2.75, 3.05) is 66.2 Å². The summed E-state index contributed by atoms with van der Waals surface area (Å²) in [5.74, 6) is 1.49. The van der Waals surface area contributed by atoms with Crippen molar-refractivity contribution in [3.63, 3.8) is 0 Å². The molecule has 0 aliphatic carbocycles. The Balaban J connectivity index is 0.00000363. The van der Waals surface area contributed by atoms with Crippen LogP contribution in [0.15, 0.2) is 29.3 Å². The van der Waals surface area contributed by atoms with Gasteiger partial charge < -0.3 is 24.4 Å². The molecule has 0 amide bonds. The van der Waals surface area contributed by atoms with Crippen LogP contribution >= 0.6 is 24.0 Å². The van der Waals surface area contributed by atoms with Gasteiger partial charge in [0.05, 0.1) is 25.7 Å². The lowest BCUT2D eigenvalue weighted by atomic mass is 9.98. The second-order valence-electron chi connectivity index (χ2n) is 7.85. The van der Waals surface area contributed by atoms with Crippen LogP contribution in [0.25, 0.3) is 0 Å². The largest absolute Gasteiger partial charge is 0.492 e. The van der Waals surface area contributed by atoms with E-state index in [9.17, 15) is 4.79 Å². The summed E-state index contributed by atoms with van der Waals surface area (Å²) in [5.41, 5.74) is 1.09. The summed E-state index contributed by atoms with van der Waals surface area (Å²) in [7, 11) is 1.78. The van der Waals surface area contributed by atoms with Gasteiger partial charge in [-0.05, 0) is 25.8 Å². The second-order valence-corrected chi connectivity index (χ2v) is 7.85. The van der Waals surface area contributed by atoms with Crippen molar-refractivity contribution in [2.45, 2.75) is 26.3 Å². The number of esters is 1. The predicted octanol–water partition coefficient (Wildman–Crippen LogP) is 2.37. The Morgan fingerprint density at radius 2 is 2.03 bits per heavy atom. The van der Waals surface area contributed by atoms with Crippen LogP contribution in [0.1, 0.15) is 25.3 Å². The van der Waals surface area contributed by atoms with Crippen LogP contribution in [0.5, 0.6) is 5.75 Å². The first-order valence-electron chi connectivity index (χ1n) is 11.3. The number of ether oxygens (including phenoxy) is 3. The van der Waals surface area contributed by atoms with Gasteiger partial charge in [-0.2, -0.15) is 0 Å². The lowest BCUT2D eigenvalue weighted by Crippen LogP contribution is -2.48. The average molecular weight is 560 g/mol. The van der Waals surface area contributed by atoms with E-state index in [2.05, 4.69) is 26.2 Å². The van der Waals surface area contributed by atoms with Gasteiger partial charge in [-0.25, -0.2) is 0 Å². The summed E-state index contributed by atoms with van der Waals surface area (Å²) in [6.07, 6.45) is 1.82. The lowest BCUT2D eigenvalue weighted by Gasteiger charge is -2.34. The Labute approximate surface area is 208 Å². The summed E-state index contributed by atoms with van der Waals surface area (Å²) in [5, 5.41) is 3.44. The van der Waals surface area contributed by atoms with E-state index >= 15 is 0 Å². The van der Waals surface area contributed by atoms with Crippen molar-refractivity contribution in [3.05, 3.63) is 29.8 Å². The zero-order valence-electron chi connectivity index (χ0n) is 19.3. The van der Waals surface area contributed by atoms with Gasteiger partial charge >= 0.3 is 5.97 Å². The molecule has 0 spiro atoms. The van der Waals surface area contributed by atoms with Gasteiger partial charge in [0.2, 0.25) is 0 Å². The third kappa shape index (κ3) is 8.08. The molecule has 1 atom stereocenters. The fraction of sp³-hybridized carbons (Fsp3) is 0.652. The molecule has 2 aliphatic rings. The summed E-state index contributed by atoms with van der Waals surface area (Å²) in [6.45, 7) is 9.47. The van der Waals surface area contributed by atoms with Gasteiger partial charge in [0.25, 0.3) is 0 Å². The van der Waals surface area contributed by atoms with E-state index in [1.807, 2.05) is 25.1 Å². The zero-order chi connectivity index (χ0) is 21.9. The summed E-state index contributed by atoms with van der Waals surface area (Å²) < 4.78 is 16.7. The Bertz CT molecular complexity index is 728. The number of likely N-dealkylation sites (tertiary alicyclic amines) is 1. The standard InChI is InChI=1S/C23H36N4O4.HI/c1-3-30-22(28)20-8-6-10-27(18-20)23(24-2)25-17-19-7-4-5-9-21(19)31-16-13-26-11-14-29-15-12-26;/h4-5,7,9,20H,3,6,8,10-18H2,1-2H3,(H,24,25);1H. The molecule has 0 radical (unpaired) electrons. The van der Waals surface area contributed by atoms with Crippen LogP contribution in [0.4, 0.5) is 0 Å². The highest BCUT2D eigenvalue weighted by Gasteiger charge is 2.28. The van der Waals surface area contributed by atoms with Gasteiger partial charge in [-0.15, -0.1) is 24.0 Å². The molecule has 0 aromatic heterocycles. The minimum atomic E-state index is -0.110. The predicted molar refractivity (Wildman–Crippen MR) is 136 cm³/mol. The number of nitrogens with one attached hydrogen (secondary N) is 1. The van der Waals surface area contributed by atoms with Gasteiger partial charge in [-0.3, -0.25) is 14.7 Å². The van der Waals surface area contributed by atoms with Gasteiger partial charge in [0.1, 0.15) is 12.4 Å². The first kappa shape index (κ1) is 26.7. The zero-order valence-corrected chi connectivity index (χ0v) is 21.6. The number of guanidine groups is 1. The number of rotatable bonds is 8. The van der Waals surface area contributed by atoms with Crippen molar-refractivity contribution >= 4 is 35.9 Å². The summed E-state index contributed by atoms with van der Waals surface area (Å²) in [4.78, 5) is 21.1. The van der Waals surface area contributed by atoms with E-state index in [4.69, 9.17) is 14.2 Å². The SMILES string of the molecule is CCOC(=O)C1CCCN(C(=NC)NCc2ccccc2OCCN2CCOCC2)C1.I. The third-order valence-electron chi connectivity index (χ3n) is 5.73. The number of carbonyl (C=O) groups is 1. The van der Waals surface area contributed by atoms with E-state index in [1.165, 1.54) is 0 Å². The molecule has 0 saturated carbocycles. The Morgan fingerprint density at radius 1 is 1.25 bits per heavy atom. The maximum absolute atomic E-state index is 12.2. The maximum Gasteiger partial charge on any atom is 0.310 e. The number of halogens is 1. The Morgan fingerprint density at radius 3 is 2.78 bits per heavy atom. The van der Waals surface area contributed by atoms with Crippen LogP contribution in [0.3, 0.4) is 0 Å². The highest BCUT2D eigenvalue weighted by Crippen LogP contribution is 2.20. The highest BCUT2D eigenvalue weighted by atomic mass is 127. The van der Waals surface area contributed by atoms with Crippen LogP contribution in [0, 0.1) is 5.92 Å². The molecular weight excluding hydrogens is 523 g/mol. The molecular formula is C23H37IN4O4. The van der Waals surface area contributed by atoms with Crippen molar-refractivity contribution in [1.29, 1.82) is 0 Å². The number of carbonyl (C=O) groups excluding carboxylic acids is 1. The van der Waals surface area contributed by atoms with Crippen molar-refractivity contribution in [2.24, 2.45) is 10.9 Å². The molecule has 8 nitrogen and oxygen atoms in total. The van der Waals surface area contributed by atoms with Gasteiger partial charge in [0, 0.05) is 51.9 Å². The van der Waals surface area contributed by atoms with Crippen molar-refractivity contribution in [3.8, 4) is 5.75 Å². The molecule has 180 valence electrons. The number of hydrogen-bond donors (Lipinski definition) is 1. The average Bonchev–Trinajstić information content (AvgIpc) is 2.81. The van der Waals surface area contributed by atoms with Crippen LogP contribution in [-0.2, 0) is 20.8 Å². The van der Waals surface area contributed by atoms with E-state index in [0.29, 0.717) is 26.3 Å². The monoisotopic (exact) mass is 560 g/mol. The van der Waals surface area contributed by atoms with E-state index in [-0.39, 0.29) is 35.9 Å².